The summed E-state index contributed by atoms with van der Waals surface area (Å²) in [5.74, 6) is -0.00757. The molecule has 0 saturated carbocycles. The maximum absolute atomic E-state index is 13.4. The number of carbonyl (C=O) groups excluding carboxylic acids is 2. The van der Waals surface area contributed by atoms with E-state index in [4.69, 9.17) is 4.74 Å². The third-order valence-corrected chi connectivity index (χ3v) is 5.79. The minimum absolute atomic E-state index is 0.295. The van der Waals surface area contributed by atoms with Crippen LogP contribution in [0, 0.1) is 13.8 Å². The standard InChI is InChI=1S/C24H22N2O3S/c1-4-29-18-10-8-17(9-11-18)26-23(27)21(20-6-5-13-30-20)22(24(26)28)25-19-12-7-15(2)14-16(19)3/h5-14,25H,4H2,1-3H3. The van der Waals surface area contributed by atoms with Gasteiger partial charge >= 0.3 is 0 Å². The van der Waals surface area contributed by atoms with Crippen LogP contribution >= 0.6 is 11.3 Å². The van der Waals surface area contributed by atoms with Gasteiger partial charge in [0, 0.05) is 10.6 Å². The molecule has 4 rings (SSSR count). The molecule has 2 amide bonds. The van der Waals surface area contributed by atoms with Crippen molar-refractivity contribution in [3.8, 4) is 5.75 Å². The molecular formula is C24H22N2O3S. The van der Waals surface area contributed by atoms with E-state index in [9.17, 15) is 9.59 Å². The van der Waals surface area contributed by atoms with Crippen LogP contribution in [-0.2, 0) is 9.59 Å². The number of imide groups is 1. The molecule has 0 atom stereocenters. The lowest BCUT2D eigenvalue weighted by Gasteiger charge is -2.16. The molecule has 0 fully saturated rings. The fourth-order valence-electron chi connectivity index (χ4n) is 3.48. The Kier molecular flexibility index (Phi) is 5.42. The summed E-state index contributed by atoms with van der Waals surface area (Å²) in [4.78, 5) is 28.7. The molecule has 3 aromatic rings. The number of hydrogen-bond donors (Lipinski definition) is 1. The van der Waals surface area contributed by atoms with E-state index in [0.29, 0.717) is 29.3 Å². The number of rotatable bonds is 6. The Morgan fingerprint density at radius 2 is 1.77 bits per heavy atom. The van der Waals surface area contributed by atoms with Crippen LogP contribution in [0.15, 0.2) is 65.7 Å². The molecule has 1 N–H and O–H groups in total. The van der Waals surface area contributed by atoms with Gasteiger partial charge in [0.1, 0.15) is 11.4 Å². The topological polar surface area (TPSA) is 58.6 Å². The van der Waals surface area contributed by atoms with Crippen molar-refractivity contribution in [2.24, 2.45) is 0 Å². The number of ether oxygens (including phenoxy) is 1. The maximum Gasteiger partial charge on any atom is 0.282 e. The molecule has 152 valence electrons. The van der Waals surface area contributed by atoms with Crippen LogP contribution in [0.25, 0.3) is 5.57 Å². The molecule has 0 aliphatic carbocycles. The molecule has 0 radical (unpaired) electrons. The van der Waals surface area contributed by atoms with Gasteiger partial charge in [0.15, 0.2) is 0 Å². The second kappa shape index (κ2) is 8.16. The highest BCUT2D eigenvalue weighted by Crippen LogP contribution is 2.36. The Labute approximate surface area is 179 Å². The van der Waals surface area contributed by atoms with Crippen molar-refractivity contribution in [2.75, 3.05) is 16.8 Å². The first-order valence-electron chi connectivity index (χ1n) is 9.73. The van der Waals surface area contributed by atoms with Crippen LogP contribution in [0.4, 0.5) is 11.4 Å². The first-order valence-corrected chi connectivity index (χ1v) is 10.6. The van der Waals surface area contributed by atoms with E-state index in [1.165, 1.54) is 16.2 Å². The van der Waals surface area contributed by atoms with Crippen LogP contribution < -0.4 is 15.0 Å². The van der Waals surface area contributed by atoms with Crippen LogP contribution in [-0.4, -0.2) is 18.4 Å². The van der Waals surface area contributed by atoms with E-state index < -0.39 is 0 Å². The van der Waals surface area contributed by atoms with Crippen LogP contribution in [0.1, 0.15) is 22.9 Å². The third kappa shape index (κ3) is 3.62. The maximum atomic E-state index is 13.4. The first-order chi connectivity index (χ1) is 14.5. The molecule has 0 spiro atoms. The van der Waals surface area contributed by atoms with E-state index in [1.54, 1.807) is 24.3 Å². The number of benzene rings is 2. The fraction of sp³-hybridized carbons (Fsp3) is 0.167. The number of amides is 2. The average molecular weight is 419 g/mol. The summed E-state index contributed by atoms with van der Waals surface area (Å²) in [5, 5.41) is 5.13. The smallest absolute Gasteiger partial charge is 0.282 e. The molecule has 6 heteroatoms. The number of carbonyl (C=O) groups is 2. The second-order valence-corrected chi connectivity index (χ2v) is 7.99. The van der Waals surface area contributed by atoms with Crippen molar-refractivity contribution < 1.29 is 14.3 Å². The summed E-state index contributed by atoms with van der Waals surface area (Å²) in [6.45, 7) is 6.45. The Bertz CT molecular complexity index is 1130. The average Bonchev–Trinajstić information content (AvgIpc) is 3.32. The highest BCUT2D eigenvalue weighted by Gasteiger charge is 2.40. The molecule has 30 heavy (non-hydrogen) atoms. The molecule has 5 nitrogen and oxygen atoms in total. The van der Waals surface area contributed by atoms with Gasteiger partial charge in [0.25, 0.3) is 11.8 Å². The Morgan fingerprint density at radius 1 is 1.00 bits per heavy atom. The van der Waals surface area contributed by atoms with Crippen molar-refractivity contribution >= 4 is 40.1 Å². The van der Waals surface area contributed by atoms with Crippen molar-refractivity contribution in [2.45, 2.75) is 20.8 Å². The molecule has 2 aromatic carbocycles. The Morgan fingerprint density at radius 3 is 2.40 bits per heavy atom. The molecule has 1 aliphatic rings. The summed E-state index contributed by atoms with van der Waals surface area (Å²) in [6.07, 6.45) is 0. The van der Waals surface area contributed by atoms with Crippen LogP contribution in [0.5, 0.6) is 5.75 Å². The summed E-state index contributed by atoms with van der Waals surface area (Å²) >= 11 is 1.44. The van der Waals surface area contributed by atoms with E-state index in [1.807, 2.05) is 56.5 Å². The second-order valence-electron chi connectivity index (χ2n) is 7.04. The fourth-order valence-corrected chi connectivity index (χ4v) is 4.24. The lowest BCUT2D eigenvalue weighted by molar-refractivity contribution is -0.120. The number of anilines is 2. The Balaban J connectivity index is 1.75. The quantitative estimate of drug-likeness (QED) is 0.562. The number of thiophene rings is 1. The molecule has 2 heterocycles. The van der Waals surface area contributed by atoms with Gasteiger partial charge in [-0.1, -0.05) is 23.8 Å². The molecular weight excluding hydrogens is 396 g/mol. The van der Waals surface area contributed by atoms with Gasteiger partial charge < -0.3 is 10.1 Å². The van der Waals surface area contributed by atoms with Gasteiger partial charge in [-0.25, -0.2) is 4.90 Å². The van der Waals surface area contributed by atoms with Crippen molar-refractivity contribution in [3.05, 3.63) is 81.7 Å². The number of nitrogens with one attached hydrogen (secondary N) is 1. The molecule has 0 saturated heterocycles. The molecule has 1 aliphatic heterocycles. The van der Waals surface area contributed by atoms with Crippen molar-refractivity contribution in [1.29, 1.82) is 0 Å². The summed E-state index contributed by atoms with van der Waals surface area (Å²) in [5.41, 5.74) is 4.15. The zero-order chi connectivity index (χ0) is 21.3. The predicted octanol–water partition coefficient (Wildman–Crippen LogP) is 5.16. The summed E-state index contributed by atoms with van der Waals surface area (Å²) in [7, 11) is 0. The van der Waals surface area contributed by atoms with Crippen LogP contribution in [0.2, 0.25) is 0 Å². The zero-order valence-corrected chi connectivity index (χ0v) is 17.9. The van der Waals surface area contributed by atoms with E-state index >= 15 is 0 Å². The van der Waals surface area contributed by atoms with E-state index in [-0.39, 0.29) is 11.8 Å². The lowest BCUT2D eigenvalue weighted by atomic mass is 10.1. The van der Waals surface area contributed by atoms with Gasteiger partial charge in [-0.3, -0.25) is 9.59 Å². The van der Waals surface area contributed by atoms with Gasteiger partial charge in [0.2, 0.25) is 0 Å². The van der Waals surface area contributed by atoms with Gasteiger partial charge in [0.05, 0.1) is 17.9 Å². The van der Waals surface area contributed by atoms with Crippen molar-refractivity contribution in [1.82, 2.24) is 0 Å². The predicted molar refractivity (Wildman–Crippen MR) is 121 cm³/mol. The molecule has 0 bridgehead atoms. The molecule has 0 unspecified atom stereocenters. The van der Waals surface area contributed by atoms with Gasteiger partial charge in [-0.05, 0) is 68.1 Å². The minimum atomic E-state index is -0.368. The lowest BCUT2D eigenvalue weighted by Crippen LogP contribution is -2.32. The van der Waals surface area contributed by atoms with E-state index in [2.05, 4.69) is 5.32 Å². The van der Waals surface area contributed by atoms with E-state index in [0.717, 1.165) is 21.7 Å². The number of hydrogen-bond acceptors (Lipinski definition) is 5. The highest BCUT2D eigenvalue weighted by atomic mass is 32.1. The number of aryl methyl sites for hydroxylation is 2. The largest absolute Gasteiger partial charge is 0.494 e. The minimum Gasteiger partial charge on any atom is -0.494 e. The normalized spacial score (nSPS) is 13.9. The highest BCUT2D eigenvalue weighted by molar-refractivity contribution is 7.11. The van der Waals surface area contributed by atoms with Gasteiger partial charge in [-0.2, -0.15) is 0 Å². The Hall–Kier alpha value is -3.38. The third-order valence-electron chi connectivity index (χ3n) is 4.90. The van der Waals surface area contributed by atoms with Crippen LogP contribution in [0.3, 0.4) is 0 Å². The first kappa shape index (κ1) is 19.9. The summed E-state index contributed by atoms with van der Waals surface area (Å²) in [6, 6.07) is 16.7. The summed E-state index contributed by atoms with van der Waals surface area (Å²) < 4.78 is 5.47. The zero-order valence-electron chi connectivity index (χ0n) is 17.1. The van der Waals surface area contributed by atoms with Crippen molar-refractivity contribution in [3.63, 3.8) is 0 Å². The SMILES string of the molecule is CCOc1ccc(N2C(=O)C(Nc3ccc(C)cc3C)=C(c3cccs3)C2=O)cc1. The monoisotopic (exact) mass is 418 g/mol. The number of nitrogens with zero attached hydrogens (tertiary/aromatic N) is 1. The van der Waals surface area contributed by atoms with Gasteiger partial charge in [-0.15, -0.1) is 11.3 Å². The molecule has 1 aromatic heterocycles.